The summed E-state index contributed by atoms with van der Waals surface area (Å²) < 4.78 is 26.1. The summed E-state index contributed by atoms with van der Waals surface area (Å²) in [6.45, 7) is 5.97. The summed E-state index contributed by atoms with van der Waals surface area (Å²) in [7, 11) is -3.70. The van der Waals surface area contributed by atoms with Crippen molar-refractivity contribution in [2.24, 2.45) is 0 Å². The second kappa shape index (κ2) is 11.7. The maximum atomic E-state index is 13.4. The molecule has 0 aromatic heterocycles. The summed E-state index contributed by atoms with van der Waals surface area (Å²) in [5.74, 6) is -0.650. The highest BCUT2D eigenvalue weighted by Gasteiger charge is 2.31. The Morgan fingerprint density at radius 2 is 1.62 bits per heavy atom. The lowest BCUT2D eigenvalue weighted by molar-refractivity contribution is -0.139. The highest BCUT2D eigenvalue weighted by molar-refractivity contribution is 7.92. The predicted molar refractivity (Wildman–Crippen MR) is 128 cm³/mol. The molecule has 0 aliphatic carbocycles. The zero-order chi connectivity index (χ0) is 23.7. The third kappa shape index (κ3) is 7.09. The Morgan fingerprint density at radius 3 is 2.16 bits per heavy atom. The number of rotatable bonds is 11. The molecular formula is C24H33N3O4S. The molecule has 7 nitrogen and oxygen atoms in total. The molecule has 174 valence electrons. The molecule has 2 amide bonds. The molecular weight excluding hydrogens is 426 g/mol. The predicted octanol–water partition coefficient (Wildman–Crippen LogP) is 2.75. The Hall–Kier alpha value is -2.87. The van der Waals surface area contributed by atoms with Crippen molar-refractivity contribution >= 4 is 27.5 Å². The maximum Gasteiger partial charge on any atom is 0.244 e. The molecule has 0 fully saturated rings. The van der Waals surface area contributed by atoms with E-state index in [9.17, 15) is 18.0 Å². The lowest BCUT2D eigenvalue weighted by Gasteiger charge is -2.32. The van der Waals surface area contributed by atoms with Crippen LogP contribution >= 0.6 is 0 Å². The van der Waals surface area contributed by atoms with Crippen LogP contribution in [0.2, 0.25) is 0 Å². The van der Waals surface area contributed by atoms with Gasteiger partial charge in [0, 0.05) is 13.1 Å². The van der Waals surface area contributed by atoms with Gasteiger partial charge in [-0.2, -0.15) is 0 Å². The number of sulfonamides is 1. The molecule has 0 saturated carbocycles. The summed E-state index contributed by atoms with van der Waals surface area (Å²) in [5, 5.41) is 2.79. The minimum absolute atomic E-state index is 0.238. The van der Waals surface area contributed by atoms with Crippen molar-refractivity contribution in [2.45, 2.75) is 39.7 Å². The van der Waals surface area contributed by atoms with Crippen LogP contribution in [0.25, 0.3) is 0 Å². The summed E-state index contributed by atoms with van der Waals surface area (Å²) in [5.41, 5.74) is 2.44. The Labute approximate surface area is 191 Å². The molecule has 32 heavy (non-hydrogen) atoms. The SMILES string of the molecule is CCNC(=O)[C@H](CC)N(CCc1ccccc1)C(=O)CN(c1ccc(C)cc1)S(C)(=O)=O. The Bertz CT molecular complexity index is 992. The number of benzene rings is 2. The second-order valence-electron chi connectivity index (χ2n) is 7.75. The van der Waals surface area contributed by atoms with Crippen LogP contribution in [0, 0.1) is 6.92 Å². The fourth-order valence-corrected chi connectivity index (χ4v) is 4.36. The highest BCUT2D eigenvalue weighted by Crippen LogP contribution is 2.19. The average molecular weight is 460 g/mol. The first-order chi connectivity index (χ1) is 15.2. The van der Waals surface area contributed by atoms with Gasteiger partial charge in [0.25, 0.3) is 0 Å². The molecule has 0 aliphatic heterocycles. The number of likely N-dealkylation sites (N-methyl/N-ethyl adjacent to an activating group) is 1. The van der Waals surface area contributed by atoms with Gasteiger partial charge in [0.15, 0.2) is 0 Å². The van der Waals surface area contributed by atoms with E-state index in [1.165, 1.54) is 4.90 Å². The zero-order valence-electron chi connectivity index (χ0n) is 19.2. The summed E-state index contributed by atoms with van der Waals surface area (Å²) in [6.07, 6.45) is 2.07. The van der Waals surface area contributed by atoms with Crippen molar-refractivity contribution in [3.63, 3.8) is 0 Å². The van der Waals surface area contributed by atoms with Gasteiger partial charge in [-0.3, -0.25) is 13.9 Å². The number of hydrogen-bond acceptors (Lipinski definition) is 4. The normalized spacial score (nSPS) is 12.1. The average Bonchev–Trinajstić information content (AvgIpc) is 2.75. The van der Waals surface area contributed by atoms with Gasteiger partial charge in [-0.05, 0) is 44.4 Å². The van der Waals surface area contributed by atoms with Crippen LogP contribution in [0.15, 0.2) is 54.6 Å². The number of hydrogen-bond donors (Lipinski definition) is 1. The van der Waals surface area contributed by atoms with E-state index in [-0.39, 0.29) is 12.5 Å². The lowest BCUT2D eigenvalue weighted by atomic mass is 10.1. The molecule has 0 unspecified atom stereocenters. The largest absolute Gasteiger partial charge is 0.355 e. The van der Waals surface area contributed by atoms with Gasteiger partial charge >= 0.3 is 0 Å². The van der Waals surface area contributed by atoms with Gasteiger partial charge in [-0.1, -0.05) is 55.0 Å². The first kappa shape index (κ1) is 25.4. The molecule has 8 heteroatoms. The van der Waals surface area contributed by atoms with Crippen molar-refractivity contribution in [3.05, 3.63) is 65.7 Å². The zero-order valence-corrected chi connectivity index (χ0v) is 20.1. The van der Waals surface area contributed by atoms with E-state index in [4.69, 9.17) is 0 Å². The molecule has 2 aromatic carbocycles. The van der Waals surface area contributed by atoms with Crippen LogP contribution in [0.3, 0.4) is 0 Å². The standard InChI is InChI=1S/C24H33N3O4S/c1-5-22(24(29)25-6-2)26(17-16-20-10-8-7-9-11-20)23(28)18-27(32(4,30)31)21-14-12-19(3)13-15-21/h7-15,22H,5-6,16-18H2,1-4H3,(H,25,29)/t22-/m0/s1. The van der Waals surface area contributed by atoms with Crippen LogP contribution in [-0.2, 0) is 26.0 Å². The second-order valence-corrected chi connectivity index (χ2v) is 9.65. The van der Waals surface area contributed by atoms with Crippen LogP contribution in [-0.4, -0.2) is 57.1 Å². The van der Waals surface area contributed by atoms with Crippen molar-refractivity contribution in [1.29, 1.82) is 0 Å². The number of nitrogens with one attached hydrogen (secondary N) is 1. The first-order valence-corrected chi connectivity index (χ1v) is 12.7. The van der Waals surface area contributed by atoms with Gasteiger partial charge in [0.2, 0.25) is 21.8 Å². The van der Waals surface area contributed by atoms with Gasteiger partial charge in [-0.15, -0.1) is 0 Å². The summed E-state index contributed by atoms with van der Waals surface area (Å²) in [4.78, 5) is 27.6. The maximum absolute atomic E-state index is 13.4. The Balaban J connectivity index is 2.33. The Kier molecular flexibility index (Phi) is 9.26. The number of nitrogens with zero attached hydrogens (tertiary/aromatic N) is 2. The number of carbonyl (C=O) groups excluding carboxylic acids is 2. The molecule has 0 spiro atoms. The highest BCUT2D eigenvalue weighted by atomic mass is 32.2. The van der Waals surface area contributed by atoms with Gasteiger partial charge in [0.05, 0.1) is 11.9 Å². The van der Waals surface area contributed by atoms with Crippen molar-refractivity contribution in [3.8, 4) is 0 Å². The van der Waals surface area contributed by atoms with Gasteiger partial charge in [-0.25, -0.2) is 8.42 Å². The Morgan fingerprint density at radius 1 is 1.00 bits per heavy atom. The van der Waals surface area contributed by atoms with Crippen LogP contribution < -0.4 is 9.62 Å². The molecule has 2 aromatic rings. The summed E-state index contributed by atoms with van der Waals surface area (Å²) in [6, 6.07) is 16.0. The molecule has 0 bridgehead atoms. The van der Waals surface area contributed by atoms with E-state index >= 15 is 0 Å². The fraction of sp³-hybridized carbons (Fsp3) is 0.417. The topological polar surface area (TPSA) is 86.8 Å². The van der Waals surface area contributed by atoms with Crippen LogP contribution in [0.1, 0.15) is 31.4 Å². The molecule has 0 saturated heterocycles. The third-order valence-electron chi connectivity index (χ3n) is 5.22. The number of carbonyl (C=O) groups is 2. The van der Waals surface area contributed by atoms with Crippen molar-refractivity contribution in [1.82, 2.24) is 10.2 Å². The van der Waals surface area contributed by atoms with E-state index < -0.39 is 22.0 Å². The van der Waals surface area contributed by atoms with E-state index in [0.717, 1.165) is 21.7 Å². The van der Waals surface area contributed by atoms with Crippen molar-refractivity contribution in [2.75, 3.05) is 30.2 Å². The first-order valence-electron chi connectivity index (χ1n) is 10.8. The monoisotopic (exact) mass is 459 g/mol. The van der Waals surface area contributed by atoms with Crippen molar-refractivity contribution < 1.29 is 18.0 Å². The molecule has 0 radical (unpaired) electrons. The van der Waals surface area contributed by atoms with Crippen LogP contribution in [0.5, 0.6) is 0 Å². The van der Waals surface area contributed by atoms with E-state index in [0.29, 0.717) is 31.6 Å². The minimum Gasteiger partial charge on any atom is -0.355 e. The minimum atomic E-state index is -3.70. The molecule has 2 rings (SSSR count). The lowest BCUT2D eigenvalue weighted by Crippen LogP contribution is -2.53. The fourth-order valence-electron chi connectivity index (χ4n) is 3.51. The van der Waals surface area contributed by atoms with Gasteiger partial charge < -0.3 is 10.2 Å². The molecule has 1 atom stereocenters. The molecule has 1 N–H and O–H groups in total. The molecule has 0 heterocycles. The van der Waals surface area contributed by atoms with E-state index in [1.54, 1.807) is 24.3 Å². The van der Waals surface area contributed by atoms with E-state index in [1.807, 2.05) is 51.1 Å². The summed E-state index contributed by atoms with van der Waals surface area (Å²) >= 11 is 0. The smallest absolute Gasteiger partial charge is 0.244 e. The molecule has 0 aliphatic rings. The number of anilines is 1. The number of aryl methyl sites for hydroxylation is 1. The van der Waals surface area contributed by atoms with Gasteiger partial charge in [0.1, 0.15) is 12.6 Å². The third-order valence-corrected chi connectivity index (χ3v) is 6.36. The van der Waals surface area contributed by atoms with Crippen LogP contribution in [0.4, 0.5) is 5.69 Å². The van der Waals surface area contributed by atoms with E-state index in [2.05, 4.69) is 5.32 Å². The quantitative estimate of drug-likeness (QED) is 0.560. The number of amides is 2.